The van der Waals surface area contributed by atoms with E-state index in [-0.39, 0.29) is 12.1 Å². The number of fused-ring (bicyclic) bond motifs is 6. The first-order valence-corrected chi connectivity index (χ1v) is 20.0. The van der Waals surface area contributed by atoms with Gasteiger partial charge in [0.25, 0.3) is 0 Å². The molecule has 58 heavy (non-hydrogen) atoms. The number of hydrogen-bond acceptors (Lipinski definition) is 7. The van der Waals surface area contributed by atoms with Crippen molar-refractivity contribution in [3.8, 4) is 51.0 Å². The van der Waals surface area contributed by atoms with Crippen LogP contribution in [0.4, 0.5) is 11.4 Å². The van der Waals surface area contributed by atoms with Gasteiger partial charge in [-0.05, 0) is 34.4 Å². The van der Waals surface area contributed by atoms with E-state index < -0.39 is 0 Å². The van der Waals surface area contributed by atoms with E-state index in [2.05, 4.69) is 83.0 Å². The van der Waals surface area contributed by atoms with Crippen LogP contribution in [-0.2, 0) is 0 Å². The van der Waals surface area contributed by atoms with Crippen molar-refractivity contribution in [3.63, 3.8) is 0 Å². The summed E-state index contributed by atoms with van der Waals surface area (Å²) < 4.78 is 7.99. The Labute approximate surface area is 339 Å². The zero-order valence-corrected chi connectivity index (χ0v) is 31.8. The van der Waals surface area contributed by atoms with Gasteiger partial charge in [0.15, 0.2) is 23.2 Å². The second-order valence-corrected chi connectivity index (χ2v) is 15.5. The number of para-hydroxylation sites is 1. The lowest BCUT2D eigenvalue weighted by Crippen LogP contribution is -2.34. The minimum atomic E-state index is -0.197. The van der Waals surface area contributed by atoms with E-state index in [0.717, 1.165) is 61.8 Å². The molecule has 6 aromatic carbocycles. The fourth-order valence-electron chi connectivity index (χ4n) is 8.18. The van der Waals surface area contributed by atoms with Gasteiger partial charge in [-0.2, -0.15) is 0 Å². The van der Waals surface area contributed by atoms with E-state index in [1.54, 1.807) is 11.3 Å². The Morgan fingerprint density at radius 3 is 2.12 bits per heavy atom. The first kappa shape index (κ1) is 33.8. The Kier molecular flexibility index (Phi) is 8.12. The Hall–Kier alpha value is -7.47. The van der Waals surface area contributed by atoms with Crippen LogP contribution in [0.2, 0.25) is 0 Å². The predicted molar refractivity (Wildman–Crippen MR) is 233 cm³/mol. The van der Waals surface area contributed by atoms with Crippen LogP contribution in [0, 0.1) is 6.57 Å². The Bertz CT molecular complexity index is 3050. The van der Waals surface area contributed by atoms with Crippen LogP contribution in [0.1, 0.15) is 28.5 Å². The standard InChI is InChI=1S/C50H32N6OS/c1-51-39-20-10-8-17-35(39)30-23-25-33(26-24-30)48-54-47(32-15-6-3-7-16-32)55-50(56-48)38-19-12-21-40-43(38)36-28-27-34(29-41(36)57-40)49-52-44(31-13-4-2-5-14-31)46-45(53-49)37-18-9-11-22-42(37)58-46/h2-28,41,44H,29H2,(H,52,53). The van der Waals surface area contributed by atoms with Crippen molar-refractivity contribution in [1.82, 2.24) is 20.3 Å². The maximum absolute atomic E-state index is 7.64. The maximum Gasteiger partial charge on any atom is 0.194 e. The van der Waals surface area contributed by atoms with Gasteiger partial charge < -0.3 is 10.1 Å². The molecule has 274 valence electrons. The first-order valence-electron chi connectivity index (χ1n) is 19.2. The molecule has 0 radical (unpaired) electrons. The van der Waals surface area contributed by atoms with Crippen molar-refractivity contribution in [2.45, 2.75) is 18.6 Å². The molecule has 11 rings (SSSR count). The number of hydrogen-bond donors (Lipinski definition) is 1. The second kappa shape index (κ2) is 13.9. The molecule has 0 bridgehead atoms. The summed E-state index contributed by atoms with van der Waals surface area (Å²) in [7, 11) is 0. The molecule has 8 heteroatoms. The molecule has 0 saturated carbocycles. The van der Waals surface area contributed by atoms with Crippen molar-refractivity contribution in [2.75, 3.05) is 0 Å². The molecule has 1 N–H and O–H groups in total. The molecule has 8 aromatic rings. The number of ether oxygens (including phenoxy) is 1. The largest absolute Gasteiger partial charge is 0.485 e. The number of nitrogens with one attached hydrogen (secondary N) is 1. The van der Waals surface area contributed by atoms with Gasteiger partial charge in [0.2, 0.25) is 0 Å². The summed E-state index contributed by atoms with van der Waals surface area (Å²) in [5, 5.41) is 5.00. The molecule has 0 spiro atoms. The van der Waals surface area contributed by atoms with Crippen molar-refractivity contribution < 1.29 is 4.74 Å². The zero-order chi connectivity index (χ0) is 38.6. The molecule has 2 aliphatic heterocycles. The predicted octanol–water partition coefficient (Wildman–Crippen LogP) is 12.2. The highest BCUT2D eigenvalue weighted by Gasteiger charge is 2.37. The highest BCUT2D eigenvalue weighted by Crippen LogP contribution is 2.49. The van der Waals surface area contributed by atoms with Gasteiger partial charge in [0, 0.05) is 44.3 Å². The maximum atomic E-state index is 7.64. The summed E-state index contributed by atoms with van der Waals surface area (Å²) >= 11 is 1.81. The minimum Gasteiger partial charge on any atom is -0.485 e. The molecule has 4 heterocycles. The number of amidine groups is 1. The smallest absolute Gasteiger partial charge is 0.194 e. The number of allylic oxidation sites excluding steroid dienone is 2. The van der Waals surface area contributed by atoms with Crippen molar-refractivity contribution in [1.29, 1.82) is 0 Å². The van der Waals surface area contributed by atoms with E-state index >= 15 is 0 Å². The molecule has 7 nitrogen and oxygen atoms in total. The number of aliphatic imine (C=N–C) groups is 1. The van der Waals surface area contributed by atoms with Crippen molar-refractivity contribution in [3.05, 3.63) is 197 Å². The molecule has 0 amide bonds. The highest BCUT2D eigenvalue weighted by atomic mass is 32.1. The average molecular weight is 765 g/mol. The van der Waals surface area contributed by atoms with Crippen LogP contribution in [0.25, 0.3) is 65.8 Å². The minimum absolute atomic E-state index is 0.0108. The van der Waals surface area contributed by atoms with Crippen LogP contribution in [0.15, 0.2) is 174 Å². The fourth-order valence-corrected chi connectivity index (χ4v) is 9.40. The lowest BCUT2D eigenvalue weighted by Gasteiger charge is -2.28. The Morgan fingerprint density at radius 2 is 1.31 bits per heavy atom. The topological polar surface area (TPSA) is 76.7 Å². The number of benzene rings is 6. The summed E-state index contributed by atoms with van der Waals surface area (Å²) in [6.45, 7) is 7.64. The monoisotopic (exact) mass is 764 g/mol. The Balaban J connectivity index is 0.988. The van der Waals surface area contributed by atoms with Gasteiger partial charge in [-0.25, -0.2) is 24.8 Å². The fraction of sp³-hybridized carbons (Fsp3) is 0.0600. The van der Waals surface area contributed by atoms with E-state index in [1.165, 1.54) is 20.5 Å². The van der Waals surface area contributed by atoms with Crippen LogP contribution >= 0.6 is 11.3 Å². The van der Waals surface area contributed by atoms with E-state index in [1.807, 2.05) is 91.0 Å². The molecule has 2 atom stereocenters. The molecule has 3 aliphatic rings. The van der Waals surface area contributed by atoms with Gasteiger partial charge in [-0.1, -0.05) is 152 Å². The lowest BCUT2D eigenvalue weighted by atomic mass is 9.88. The number of thiophene rings is 1. The summed E-state index contributed by atoms with van der Waals surface area (Å²) in [6, 6.07) is 51.0. The average Bonchev–Trinajstić information content (AvgIpc) is 3.87. The van der Waals surface area contributed by atoms with Gasteiger partial charge in [-0.3, -0.25) is 0 Å². The number of rotatable bonds is 6. The SMILES string of the molecule is [C-]#[N+]c1ccccc1-c1ccc(-c2nc(-c3ccccc3)nc(-c3cccc4c3C3=CC=C(C5=Nc6c(sc7ccccc67)C(c6ccccc6)N5)CC3O4)n2)cc1. The van der Waals surface area contributed by atoms with E-state index in [9.17, 15) is 0 Å². The zero-order valence-electron chi connectivity index (χ0n) is 31.0. The molecule has 0 fully saturated rings. The van der Waals surface area contributed by atoms with Crippen molar-refractivity contribution in [2.24, 2.45) is 4.99 Å². The van der Waals surface area contributed by atoms with Gasteiger partial charge in [0.1, 0.15) is 17.7 Å². The molecular weight excluding hydrogens is 733 g/mol. The molecular formula is C50H32N6OS. The van der Waals surface area contributed by atoms with E-state index in [0.29, 0.717) is 29.6 Å². The van der Waals surface area contributed by atoms with Gasteiger partial charge in [0.05, 0.1) is 23.2 Å². The van der Waals surface area contributed by atoms with Crippen molar-refractivity contribution >= 4 is 44.2 Å². The van der Waals surface area contributed by atoms with E-state index in [4.69, 9.17) is 31.3 Å². The van der Waals surface area contributed by atoms with Crippen LogP contribution in [-0.4, -0.2) is 26.9 Å². The van der Waals surface area contributed by atoms with Crippen LogP contribution in [0.5, 0.6) is 5.75 Å². The third-order valence-corrected chi connectivity index (χ3v) is 12.2. The molecule has 2 unspecified atom stereocenters. The summed E-state index contributed by atoms with van der Waals surface area (Å²) in [6.07, 6.45) is 4.83. The quantitative estimate of drug-likeness (QED) is 0.171. The molecule has 2 aromatic heterocycles. The summed E-state index contributed by atoms with van der Waals surface area (Å²) in [5.41, 5.74) is 10.6. The third-order valence-electron chi connectivity index (χ3n) is 11.0. The summed E-state index contributed by atoms with van der Waals surface area (Å²) in [5.74, 6) is 3.41. The van der Waals surface area contributed by atoms with Gasteiger partial charge in [-0.15, -0.1) is 11.3 Å². The highest BCUT2D eigenvalue weighted by molar-refractivity contribution is 7.19. The molecule has 1 aliphatic carbocycles. The van der Waals surface area contributed by atoms with Crippen LogP contribution in [0.3, 0.4) is 0 Å². The lowest BCUT2D eigenvalue weighted by molar-refractivity contribution is 0.277. The van der Waals surface area contributed by atoms with Gasteiger partial charge >= 0.3 is 0 Å². The third kappa shape index (κ3) is 5.80. The first-order chi connectivity index (χ1) is 28.7. The summed E-state index contributed by atoms with van der Waals surface area (Å²) in [4.78, 5) is 25.4. The second-order valence-electron chi connectivity index (χ2n) is 14.4. The van der Waals surface area contributed by atoms with Crippen LogP contribution < -0.4 is 10.1 Å². The Morgan fingerprint density at radius 1 is 0.638 bits per heavy atom. The normalized spacial score (nSPS) is 16.4. The number of aromatic nitrogens is 3. The molecule has 0 saturated heterocycles. The number of nitrogens with zero attached hydrogens (tertiary/aromatic N) is 5.